The summed E-state index contributed by atoms with van der Waals surface area (Å²) in [5.41, 5.74) is 0. The Kier molecular flexibility index (Phi) is 1.80. The van der Waals surface area contributed by atoms with Gasteiger partial charge in [-0.2, -0.15) is 0 Å². The van der Waals surface area contributed by atoms with Crippen molar-refractivity contribution in [3.8, 4) is 0 Å². The molecule has 0 fully saturated rings. The lowest BCUT2D eigenvalue weighted by Gasteiger charge is -2.01. The minimum atomic E-state index is -0.000000000000000222. The van der Waals surface area contributed by atoms with Crippen molar-refractivity contribution < 1.29 is 4.74 Å². The SMILES string of the molecule is CCOC1C=CC=N1. The van der Waals surface area contributed by atoms with Crippen LogP contribution in [0.4, 0.5) is 0 Å². The van der Waals surface area contributed by atoms with Gasteiger partial charge in [0.15, 0.2) is 6.23 Å². The molecule has 1 unspecified atom stereocenters. The molecule has 0 amide bonds. The molecule has 8 heavy (non-hydrogen) atoms. The summed E-state index contributed by atoms with van der Waals surface area (Å²) in [7, 11) is 0. The number of ether oxygens (including phenoxy) is 1. The minimum absolute atomic E-state index is 0.000000000000000222. The van der Waals surface area contributed by atoms with E-state index in [4.69, 9.17) is 4.74 Å². The Morgan fingerprint density at radius 2 is 2.62 bits per heavy atom. The van der Waals surface area contributed by atoms with Crippen molar-refractivity contribution in [3.05, 3.63) is 12.2 Å². The molecule has 0 saturated heterocycles. The minimum Gasteiger partial charge on any atom is -0.353 e. The third-order valence-electron chi connectivity index (χ3n) is 0.932. The molecule has 2 nitrogen and oxygen atoms in total. The Labute approximate surface area is 48.9 Å². The van der Waals surface area contributed by atoms with Gasteiger partial charge in [0, 0.05) is 12.8 Å². The van der Waals surface area contributed by atoms with E-state index in [1.54, 1.807) is 6.21 Å². The summed E-state index contributed by atoms with van der Waals surface area (Å²) in [5.74, 6) is 0. The summed E-state index contributed by atoms with van der Waals surface area (Å²) < 4.78 is 5.12. The van der Waals surface area contributed by atoms with Crippen molar-refractivity contribution in [3.63, 3.8) is 0 Å². The molecule has 1 aliphatic heterocycles. The molecule has 2 heteroatoms. The standard InChI is InChI=1S/C6H9NO/c1-2-8-6-4-3-5-7-6/h3-6H,2H2,1H3. The maximum absolute atomic E-state index is 5.12. The first kappa shape index (κ1) is 5.51. The van der Waals surface area contributed by atoms with Crippen LogP contribution in [-0.4, -0.2) is 19.0 Å². The van der Waals surface area contributed by atoms with E-state index in [2.05, 4.69) is 4.99 Å². The third-order valence-corrected chi connectivity index (χ3v) is 0.932. The van der Waals surface area contributed by atoms with Crippen LogP contribution in [0.3, 0.4) is 0 Å². The average molecular weight is 111 g/mol. The lowest BCUT2D eigenvalue weighted by atomic mass is 10.5. The van der Waals surface area contributed by atoms with Crippen LogP contribution in [0.1, 0.15) is 6.92 Å². The van der Waals surface area contributed by atoms with Gasteiger partial charge in [0.25, 0.3) is 0 Å². The van der Waals surface area contributed by atoms with Crippen molar-refractivity contribution in [2.75, 3.05) is 6.61 Å². The van der Waals surface area contributed by atoms with Crippen molar-refractivity contribution in [1.82, 2.24) is 0 Å². The van der Waals surface area contributed by atoms with Gasteiger partial charge in [-0.25, -0.2) is 0 Å². The Hall–Kier alpha value is -0.630. The highest BCUT2D eigenvalue weighted by Gasteiger charge is 2.00. The van der Waals surface area contributed by atoms with Crippen LogP contribution in [0, 0.1) is 0 Å². The normalized spacial score (nSPS) is 24.9. The first-order valence-corrected chi connectivity index (χ1v) is 2.75. The van der Waals surface area contributed by atoms with Crippen LogP contribution in [0.2, 0.25) is 0 Å². The maximum atomic E-state index is 5.12. The second kappa shape index (κ2) is 2.62. The van der Waals surface area contributed by atoms with Crippen LogP contribution in [0.5, 0.6) is 0 Å². The van der Waals surface area contributed by atoms with Crippen molar-refractivity contribution in [1.29, 1.82) is 0 Å². The lowest BCUT2D eigenvalue weighted by Crippen LogP contribution is -2.02. The highest BCUT2D eigenvalue weighted by Crippen LogP contribution is 1.99. The fourth-order valence-corrected chi connectivity index (χ4v) is 0.598. The summed E-state index contributed by atoms with van der Waals surface area (Å²) in [6, 6.07) is 0. The quantitative estimate of drug-likeness (QED) is 0.520. The smallest absolute Gasteiger partial charge is 0.167 e. The molecule has 0 saturated carbocycles. The molecule has 0 aromatic carbocycles. The van der Waals surface area contributed by atoms with E-state index in [1.165, 1.54) is 0 Å². The van der Waals surface area contributed by atoms with E-state index in [0.29, 0.717) is 0 Å². The molecule has 0 aromatic heterocycles. The molecule has 0 spiro atoms. The number of allylic oxidation sites excluding steroid dienone is 1. The fourth-order valence-electron chi connectivity index (χ4n) is 0.598. The molecule has 0 N–H and O–H groups in total. The number of hydrogen-bond acceptors (Lipinski definition) is 2. The van der Waals surface area contributed by atoms with Crippen molar-refractivity contribution in [2.24, 2.45) is 4.99 Å². The molecule has 0 bridgehead atoms. The Morgan fingerprint density at radius 3 is 3.12 bits per heavy atom. The van der Waals surface area contributed by atoms with Gasteiger partial charge in [-0.05, 0) is 19.1 Å². The molecule has 0 radical (unpaired) electrons. The summed E-state index contributed by atoms with van der Waals surface area (Å²) in [4.78, 5) is 3.97. The highest BCUT2D eigenvalue weighted by atomic mass is 16.5. The van der Waals surface area contributed by atoms with E-state index in [0.717, 1.165) is 6.61 Å². The molecule has 0 aliphatic carbocycles. The number of rotatable bonds is 2. The third kappa shape index (κ3) is 1.17. The second-order valence-electron chi connectivity index (χ2n) is 1.53. The second-order valence-corrected chi connectivity index (χ2v) is 1.53. The summed E-state index contributed by atoms with van der Waals surface area (Å²) in [6.07, 6.45) is 5.56. The van der Waals surface area contributed by atoms with Gasteiger partial charge in [-0.15, -0.1) is 0 Å². The van der Waals surface area contributed by atoms with Crippen LogP contribution in [-0.2, 0) is 4.74 Å². The predicted octanol–water partition coefficient (Wildman–Crippen LogP) is 0.990. The van der Waals surface area contributed by atoms with Gasteiger partial charge in [0.1, 0.15) is 0 Å². The zero-order valence-electron chi connectivity index (χ0n) is 4.87. The molecule has 1 atom stereocenters. The molecular weight excluding hydrogens is 102 g/mol. The summed E-state index contributed by atoms with van der Waals surface area (Å²) >= 11 is 0. The molecule has 1 aliphatic rings. The van der Waals surface area contributed by atoms with Crippen molar-refractivity contribution in [2.45, 2.75) is 13.2 Å². The van der Waals surface area contributed by atoms with Crippen molar-refractivity contribution >= 4 is 6.21 Å². The van der Waals surface area contributed by atoms with Crippen LogP contribution >= 0.6 is 0 Å². The topological polar surface area (TPSA) is 21.6 Å². The largest absolute Gasteiger partial charge is 0.353 e. The first-order chi connectivity index (χ1) is 3.93. The molecule has 0 aromatic rings. The summed E-state index contributed by atoms with van der Waals surface area (Å²) in [6.45, 7) is 2.69. The number of nitrogens with zero attached hydrogens (tertiary/aromatic N) is 1. The van der Waals surface area contributed by atoms with Gasteiger partial charge >= 0.3 is 0 Å². The van der Waals surface area contributed by atoms with Gasteiger partial charge in [0.2, 0.25) is 0 Å². The monoisotopic (exact) mass is 111 g/mol. The zero-order chi connectivity index (χ0) is 5.82. The van der Waals surface area contributed by atoms with Gasteiger partial charge in [-0.3, -0.25) is 4.99 Å². The van der Waals surface area contributed by atoms with Gasteiger partial charge in [0.05, 0.1) is 0 Å². The van der Waals surface area contributed by atoms with E-state index in [9.17, 15) is 0 Å². The molecule has 44 valence electrons. The van der Waals surface area contributed by atoms with E-state index >= 15 is 0 Å². The molecule has 1 rings (SSSR count). The van der Waals surface area contributed by atoms with E-state index in [-0.39, 0.29) is 6.23 Å². The highest BCUT2D eigenvalue weighted by molar-refractivity contribution is 5.73. The van der Waals surface area contributed by atoms with Crippen LogP contribution < -0.4 is 0 Å². The van der Waals surface area contributed by atoms with E-state index < -0.39 is 0 Å². The number of aliphatic imine (C=N–C) groups is 1. The maximum Gasteiger partial charge on any atom is 0.167 e. The van der Waals surface area contributed by atoms with Gasteiger partial charge < -0.3 is 4.74 Å². The first-order valence-electron chi connectivity index (χ1n) is 2.75. The predicted molar refractivity (Wildman–Crippen MR) is 33.0 cm³/mol. The average Bonchev–Trinajstić information content (AvgIpc) is 2.19. The zero-order valence-corrected chi connectivity index (χ0v) is 4.87. The summed E-state index contributed by atoms with van der Waals surface area (Å²) in [5, 5.41) is 0. The lowest BCUT2D eigenvalue weighted by molar-refractivity contribution is 0.105. The van der Waals surface area contributed by atoms with Gasteiger partial charge in [-0.1, -0.05) is 0 Å². The van der Waals surface area contributed by atoms with E-state index in [1.807, 2.05) is 19.1 Å². The Balaban J connectivity index is 2.27. The Bertz CT molecular complexity index is 106. The van der Waals surface area contributed by atoms with Crippen LogP contribution in [0.25, 0.3) is 0 Å². The molecule has 1 heterocycles. The molecular formula is C6H9NO. The fraction of sp³-hybridized carbons (Fsp3) is 0.500. The van der Waals surface area contributed by atoms with Crippen LogP contribution in [0.15, 0.2) is 17.1 Å². The number of hydrogen-bond donors (Lipinski definition) is 0. The Morgan fingerprint density at radius 1 is 1.75 bits per heavy atom.